The van der Waals surface area contributed by atoms with Crippen molar-refractivity contribution in [3.05, 3.63) is 70.7 Å². The fourth-order valence-corrected chi connectivity index (χ4v) is 5.14. The van der Waals surface area contributed by atoms with Crippen LogP contribution in [0, 0.1) is 0 Å². The van der Waals surface area contributed by atoms with E-state index in [1.54, 1.807) is 19.2 Å². The van der Waals surface area contributed by atoms with Gasteiger partial charge in [-0.25, -0.2) is 24.9 Å². The van der Waals surface area contributed by atoms with E-state index >= 15 is 0 Å². The molecule has 1 amide bonds. The number of nitrogens with one attached hydrogen (secondary N) is 1. The van der Waals surface area contributed by atoms with Gasteiger partial charge in [-0.15, -0.1) is 0 Å². The highest BCUT2D eigenvalue weighted by Gasteiger charge is 2.36. The Morgan fingerprint density at radius 3 is 2.49 bits per heavy atom. The molecule has 212 valence electrons. The highest BCUT2D eigenvalue weighted by atomic mass is 19.4. The van der Waals surface area contributed by atoms with E-state index in [9.17, 15) is 18.0 Å². The first kappa shape index (κ1) is 26.9. The molecule has 2 aliphatic rings. The number of amides is 1. The molecular weight excluding hydrogens is 535 g/mol. The molecule has 0 unspecified atom stereocenters. The molecule has 12 heteroatoms. The van der Waals surface area contributed by atoms with Crippen molar-refractivity contribution >= 4 is 5.91 Å². The molecule has 0 radical (unpaired) electrons. The number of methoxy groups -OCH3 is 1. The van der Waals surface area contributed by atoms with E-state index in [4.69, 9.17) is 14.7 Å². The van der Waals surface area contributed by atoms with E-state index in [2.05, 4.69) is 20.3 Å². The molecule has 1 N–H and O–H groups in total. The van der Waals surface area contributed by atoms with Crippen LogP contribution in [0.2, 0.25) is 0 Å². The lowest BCUT2D eigenvalue weighted by Gasteiger charge is -2.20. The van der Waals surface area contributed by atoms with Gasteiger partial charge in [-0.1, -0.05) is 24.3 Å². The lowest BCUT2D eigenvalue weighted by molar-refractivity contribution is -0.140. The molecule has 41 heavy (non-hydrogen) atoms. The second-order valence-corrected chi connectivity index (χ2v) is 10.6. The molecule has 0 saturated heterocycles. The van der Waals surface area contributed by atoms with Gasteiger partial charge in [0.1, 0.15) is 17.7 Å². The van der Waals surface area contributed by atoms with Crippen LogP contribution in [0.3, 0.4) is 0 Å². The summed E-state index contributed by atoms with van der Waals surface area (Å²) in [6.07, 6.45) is 0.873. The Hall–Kier alpha value is -4.35. The van der Waals surface area contributed by atoms with Crippen LogP contribution in [-0.4, -0.2) is 49.0 Å². The third-order valence-electron chi connectivity index (χ3n) is 7.32. The minimum absolute atomic E-state index is 0.211. The van der Waals surface area contributed by atoms with Crippen LogP contribution in [-0.2, 0) is 19.0 Å². The third-order valence-corrected chi connectivity index (χ3v) is 7.32. The summed E-state index contributed by atoms with van der Waals surface area (Å²) in [5.41, 5.74) is 3.58. The molecule has 1 aromatic carbocycles. The van der Waals surface area contributed by atoms with Crippen LogP contribution in [0.15, 0.2) is 36.8 Å². The van der Waals surface area contributed by atoms with Gasteiger partial charge in [-0.05, 0) is 32.3 Å². The zero-order valence-corrected chi connectivity index (χ0v) is 22.8. The van der Waals surface area contributed by atoms with Crippen molar-refractivity contribution in [1.29, 1.82) is 0 Å². The second-order valence-electron chi connectivity index (χ2n) is 10.6. The van der Waals surface area contributed by atoms with Crippen molar-refractivity contribution in [3.8, 4) is 28.7 Å². The zero-order chi connectivity index (χ0) is 28.9. The number of imidazole rings is 1. The zero-order valence-electron chi connectivity index (χ0n) is 22.8. The summed E-state index contributed by atoms with van der Waals surface area (Å²) in [4.78, 5) is 35.3. The van der Waals surface area contributed by atoms with E-state index in [1.165, 1.54) is 10.9 Å². The molecule has 9 nitrogen and oxygen atoms in total. The fraction of sp³-hybridized carbons (Fsp3) is 0.379. The van der Waals surface area contributed by atoms with Gasteiger partial charge in [0.2, 0.25) is 5.88 Å². The van der Waals surface area contributed by atoms with E-state index < -0.39 is 11.9 Å². The van der Waals surface area contributed by atoms with Crippen LogP contribution >= 0.6 is 0 Å². The maximum atomic E-state index is 13.4. The standard InChI is InChI=1S/C29H28F3N7O2/c1-15(2)39-13-21(29(30,31)32)38-26(39)18-6-4-16(5-7-18)12-20-22-19(10-11-33-27(22)40)36-25(37-20)23-24(17-8-9-17)34-14-35-28(23)41-3/h4-7,13-15,17H,8-12H2,1-3H3,(H,33,40). The number of alkyl halides is 3. The van der Waals surface area contributed by atoms with E-state index in [0.717, 1.165) is 30.3 Å². The van der Waals surface area contributed by atoms with Crippen molar-refractivity contribution in [3.63, 3.8) is 0 Å². The van der Waals surface area contributed by atoms with Gasteiger partial charge in [0.25, 0.3) is 5.91 Å². The number of fused-ring (bicyclic) bond motifs is 1. The third kappa shape index (κ3) is 5.14. The number of rotatable bonds is 7. The summed E-state index contributed by atoms with van der Waals surface area (Å²) in [5.74, 6) is 1.10. The van der Waals surface area contributed by atoms with E-state index in [-0.39, 0.29) is 23.7 Å². The molecule has 4 heterocycles. The molecule has 0 bridgehead atoms. The molecule has 1 aliphatic carbocycles. The van der Waals surface area contributed by atoms with Gasteiger partial charge in [-0.3, -0.25) is 4.79 Å². The highest BCUT2D eigenvalue weighted by Crippen LogP contribution is 2.45. The molecule has 4 aromatic rings. The fourth-order valence-electron chi connectivity index (χ4n) is 5.14. The van der Waals surface area contributed by atoms with Gasteiger partial charge in [0, 0.05) is 43.1 Å². The number of hydrogen-bond donors (Lipinski definition) is 1. The number of carbonyl (C=O) groups excluding carboxylic acids is 1. The van der Waals surface area contributed by atoms with Crippen molar-refractivity contribution in [2.45, 2.75) is 57.7 Å². The SMILES string of the molecule is COc1ncnc(C2CC2)c1-c1nc2c(c(Cc3ccc(-c4nc(C(F)(F)F)cn4C(C)C)cc3)n1)C(=O)NCC2. The molecular formula is C29H28F3N7O2. The predicted molar refractivity (Wildman–Crippen MR) is 143 cm³/mol. The van der Waals surface area contributed by atoms with Gasteiger partial charge in [0.05, 0.1) is 29.8 Å². The lowest BCUT2D eigenvalue weighted by atomic mass is 9.98. The summed E-state index contributed by atoms with van der Waals surface area (Å²) >= 11 is 0. The monoisotopic (exact) mass is 563 g/mol. The molecule has 6 rings (SSSR count). The predicted octanol–water partition coefficient (Wildman–Crippen LogP) is 5.16. The Bertz CT molecular complexity index is 1630. The first-order chi connectivity index (χ1) is 19.6. The lowest BCUT2D eigenvalue weighted by Crippen LogP contribution is -2.34. The van der Waals surface area contributed by atoms with Crippen molar-refractivity contribution < 1.29 is 22.7 Å². The first-order valence-electron chi connectivity index (χ1n) is 13.5. The van der Waals surface area contributed by atoms with Gasteiger partial charge >= 0.3 is 6.18 Å². The Morgan fingerprint density at radius 1 is 1.07 bits per heavy atom. The molecule has 0 atom stereocenters. The van der Waals surface area contributed by atoms with Crippen LogP contribution in [0.1, 0.15) is 77.3 Å². The first-order valence-corrected chi connectivity index (χ1v) is 13.5. The molecule has 1 aliphatic heterocycles. The maximum absolute atomic E-state index is 13.4. The van der Waals surface area contributed by atoms with E-state index in [0.29, 0.717) is 59.2 Å². The summed E-state index contributed by atoms with van der Waals surface area (Å²) in [5, 5.41) is 2.88. The Morgan fingerprint density at radius 2 is 1.83 bits per heavy atom. The summed E-state index contributed by atoms with van der Waals surface area (Å²) in [6.45, 7) is 4.08. The van der Waals surface area contributed by atoms with Crippen LogP contribution in [0.5, 0.6) is 5.88 Å². The van der Waals surface area contributed by atoms with Gasteiger partial charge in [0.15, 0.2) is 11.5 Å². The van der Waals surface area contributed by atoms with Crippen molar-refractivity contribution in [2.75, 3.05) is 13.7 Å². The minimum atomic E-state index is -4.54. The Balaban J connectivity index is 1.39. The molecule has 0 spiro atoms. The summed E-state index contributed by atoms with van der Waals surface area (Å²) < 4.78 is 47.2. The number of nitrogens with zero attached hydrogens (tertiary/aromatic N) is 6. The van der Waals surface area contributed by atoms with E-state index in [1.807, 2.05) is 26.0 Å². The van der Waals surface area contributed by atoms with Crippen LogP contribution in [0.4, 0.5) is 13.2 Å². The molecule has 1 saturated carbocycles. The number of hydrogen-bond acceptors (Lipinski definition) is 7. The number of carbonyl (C=O) groups is 1. The highest BCUT2D eigenvalue weighted by molar-refractivity contribution is 5.97. The molecule has 1 fully saturated rings. The quantitative estimate of drug-likeness (QED) is 0.331. The summed E-state index contributed by atoms with van der Waals surface area (Å²) in [7, 11) is 1.54. The number of ether oxygens (including phenoxy) is 1. The van der Waals surface area contributed by atoms with Gasteiger partial charge < -0.3 is 14.6 Å². The normalized spacial score (nSPS) is 15.1. The Labute approximate surface area is 234 Å². The number of benzene rings is 1. The average Bonchev–Trinajstić information content (AvgIpc) is 3.69. The topological polar surface area (TPSA) is 108 Å². The van der Waals surface area contributed by atoms with Crippen LogP contribution in [0.25, 0.3) is 22.8 Å². The smallest absolute Gasteiger partial charge is 0.434 e. The van der Waals surface area contributed by atoms with Crippen molar-refractivity contribution in [1.82, 2.24) is 34.8 Å². The Kier molecular flexibility index (Phi) is 6.71. The number of halogens is 3. The van der Waals surface area contributed by atoms with Crippen molar-refractivity contribution in [2.24, 2.45) is 0 Å². The maximum Gasteiger partial charge on any atom is 0.434 e. The largest absolute Gasteiger partial charge is 0.480 e. The average molecular weight is 564 g/mol. The number of aromatic nitrogens is 6. The second kappa shape index (κ2) is 10.2. The molecule has 3 aromatic heterocycles. The van der Waals surface area contributed by atoms with Gasteiger partial charge in [-0.2, -0.15) is 13.2 Å². The van der Waals surface area contributed by atoms with Crippen LogP contribution < -0.4 is 10.1 Å². The summed E-state index contributed by atoms with van der Waals surface area (Å²) in [6, 6.07) is 6.91. The minimum Gasteiger partial charge on any atom is -0.480 e.